The second-order valence-corrected chi connectivity index (χ2v) is 12.8. The highest BCUT2D eigenvalue weighted by atomic mass is 16.5. The number of hydrogen-bond donors (Lipinski definition) is 0. The number of para-hydroxylation sites is 1. The SMILES string of the molecule is CCCCCCCCN(CCCCCCCC)c1ccc(/C=C2\N=C(c3ccccc3OC)N=C2c2cc(OC)ccc2OC)c(C)c1. The topological polar surface area (TPSA) is 55.7 Å². The Morgan fingerprint density at radius 2 is 1.25 bits per heavy atom. The van der Waals surface area contributed by atoms with Crippen LogP contribution in [0.1, 0.15) is 113 Å². The molecule has 258 valence electrons. The minimum atomic E-state index is 0.608. The van der Waals surface area contributed by atoms with Gasteiger partial charge in [0, 0.05) is 24.3 Å². The zero-order valence-corrected chi connectivity index (χ0v) is 30.3. The minimum Gasteiger partial charge on any atom is -0.497 e. The van der Waals surface area contributed by atoms with Gasteiger partial charge in [0.1, 0.15) is 23.0 Å². The highest BCUT2D eigenvalue weighted by Gasteiger charge is 2.25. The van der Waals surface area contributed by atoms with Gasteiger partial charge in [-0.1, -0.05) is 96.3 Å². The number of ether oxygens (including phenoxy) is 3. The molecule has 0 fully saturated rings. The predicted octanol–water partition coefficient (Wildman–Crippen LogP) is 10.8. The lowest BCUT2D eigenvalue weighted by Crippen LogP contribution is -2.25. The van der Waals surface area contributed by atoms with Crippen LogP contribution < -0.4 is 19.1 Å². The smallest absolute Gasteiger partial charge is 0.164 e. The Labute approximate surface area is 289 Å². The molecule has 0 N–H and O–H groups in total. The third kappa shape index (κ3) is 10.2. The van der Waals surface area contributed by atoms with Crippen LogP contribution in [0.2, 0.25) is 0 Å². The standard InChI is InChI=1S/C42H57N3O3/c1-7-9-11-13-15-19-27-45(28-20-16-14-12-10-8-2)34-24-23-33(32(3)29-34)30-38-41(37-31-35(46-4)25-26-40(37)48-6)44-42(43-38)36-21-17-18-22-39(36)47-5/h17-18,21-26,29-31H,7-16,19-20,27-28H2,1-6H3/b38-30-. The van der Waals surface area contributed by atoms with Gasteiger partial charge in [0.15, 0.2) is 5.84 Å². The van der Waals surface area contributed by atoms with Crippen molar-refractivity contribution < 1.29 is 14.2 Å². The maximum atomic E-state index is 5.78. The van der Waals surface area contributed by atoms with Gasteiger partial charge < -0.3 is 19.1 Å². The molecule has 0 aromatic heterocycles. The van der Waals surface area contributed by atoms with Crippen molar-refractivity contribution in [1.82, 2.24) is 0 Å². The highest BCUT2D eigenvalue weighted by molar-refractivity contribution is 6.27. The van der Waals surface area contributed by atoms with E-state index in [1.807, 2.05) is 42.5 Å². The average Bonchev–Trinajstić information content (AvgIpc) is 3.54. The predicted molar refractivity (Wildman–Crippen MR) is 204 cm³/mol. The van der Waals surface area contributed by atoms with Crippen LogP contribution in [0.15, 0.2) is 76.3 Å². The molecule has 0 saturated carbocycles. The van der Waals surface area contributed by atoms with Crippen molar-refractivity contribution in [1.29, 1.82) is 0 Å². The van der Waals surface area contributed by atoms with Gasteiger partial charge in [-0.25, -0.2) is 9.98 Å². The van der Waals surface area contributed by atoms with E-state index in [9.17, 15) is 0 Å². The van der Waals surface area contributed by atoms with Gasteiger partial charge in [-0.15, -0.1) is 0 Å². The summed E-state index contributed by atoms with van der Waals surface area (Å²) in [6, 6.07) is 20.5. The molecule has 0 radical (unpaired) electrons. The first-order valence-corrected chi connectivity index (χ1v) is 18.1. The molecule has 0 amide bonds. The Balaban J connectivity index is 1.64. The summed E-state index contributed by atoms with van der Waals surface area (Å²) in [6.45, 7) is 8.99. The molecular formula is C42H57N3O3. The van der Waals surface area contributed by atoms with Crippen molar-refractivity contribution in [3.63, 3.8) is 0 Å². The number of nitrogens with zero attached hydrogens (tertiary/aromatic N) is 3. The Hall–Kier alpha value is -4.06. The van der Waals surface area contributed by atoms with Gasteiger partial charge in [0.2, 0.25) is 0 Å². The molecule has 1 aliphatic rings. The third-order valence-corrected chi connectivity index (χ3v) is 9.17. The van der Waals surface area contributed by atoms with Gasteiger partial charge in [0.05, 0.1) is 32.6 Å². The summed E-state index contributed by atoms with van der Waals surface area (Å²) in [7, 11) is 5.02. The molecular weight excluding hydrogens is 594 g/mol. The Morgan fingerprint density at radius 3 is 1.88 bits per heavy atom. The van der Waals surface area contributed by atoms with Crippen molar-refractivity contribution in [3.8, 4) is 17.2 Å². The number of amidine groups is 1. The van der Waals surface area contributed by atoms with Gasteiger partial charge >= 0.3 is 0 Å². The van der Waals surface area contributed by atoms with Crippen molar-refractivity contribution in [3.05, 3.63) is 88.6 Å². The summed E-state index contributed by atoms with van der Waals surface area (Å²) in [6.07, 6.45) is 17.9. The normalized spacial score (nSPS) is 13.4. The number of methoxy groups -OCH3 is 3. The number of rotatable bonds is 21. The summed E-state index contributed by atoms with van der Waals surface area (Å²) < 4.78 is 17.0. The van der Waals surface area contributed by atoms with E-state index in [1.54, 1.807) is 21.3 Å². The molecule has 0 spiro atoms. The fraction of sp³-hybridized carbons (Fsp3) is 0.476. The van der Waals surface area contributed by atoms with E-state index < -0.39 is 0 Å². The molecule has 0 unspecified atom stereocenters. The zero-order valence-electron chi connectivity index (χ0n) is 30.3. The number of aryl methyl sites for hydroxylation is 1. The van der Waals surface area contributed by atoms with E-state index in [0.717, 1.165) is 52.7 Å². The second-order valence-electron chi connectivity index (χ2n) is 12.8. The van der Waals surface area contributed by atoms with Crippen LogP contribution in [-0.4, -0.2) is 46.0 Å². The van der Waals surface area contributed by atoms with Gasteiger partial charge in [-0.3, -0.25) is 0 Å². The van der Waals surface area contributed by atoms with Crippen LogP contribution in [0.3, 0.4) is 0 Å². The maximum Gasteiger partial charge on any atom is 0.164 e. The van der Waals surface area contributed by atoms with Gasteiger partial charge in [0.25, 0.3) is 0 Å². The molecule has 6 nitrogen and oxygen atoms in total. The fourth-order valence-corrected chi connectivity index (χ4v) is 6.30. The maximum absolute atomic E-state index is 5.78. The first kappa shape index (κ1) is 36.8. The van der Waals surface area contributed by atoms with Crippen LogP contribution in [0.4, 0.5) is 5.69 Å². The Bertz CT molecular complexity index is 1520. The molecule has 1 heterocycles. The first-order valence-electron chi connectivity index (χ1n) is 18.1. The highest BCUT2D eigenvalue weighted by Crippen LogP contribution is 2.33. The number of allylic oxidation sites excluding steroid dienone is 1. The van der Waals surface area contributed by atoms with Crippen LogP contribution in [0.5, 0.6) is 17.2 Å². The van der Waals surface area contributed by atoms with Crippen LogP contribution in [-0.2, 0) is 0 Å². The summed E-state index contributed by atoms with van der Waals surface area (Å²) >= 11 is 0. The van der Waals surface area contributed by atoms with Crippen molar-refractivity contribution in [2.24, 2.45) is 9.98 Å². The van der Waals surface area contributed by atoms with E-state index >= 15 is 0 Å². The van der Waals surface area contributed by atoms with E-state index in [-0.39, 0.29) is 0 Å². The molecule has 4 rings (SSSR count). The number of aliphatic imine (C=N–C) groups is 2. The lowest BCUT2D eigenvalue weighted by atomic mass is 10.0. The van der Waals surface area contributed by atoms with Crippen molar-refractivity contribution in [2.75, 3.05) is 39.3 Å². The van der Waals surface area contributed by atoms with Crippen molar-refractivity contribution >= 4 is 23.3 Å². The van der Waals surface area contributed by atoms with E-state index in [4.69, 9.17) is 24.2 Å². The van der Waals surface area contributed by atoms with Crippen LogP contribution in [0.25, 0.3) is 6.08 Å². The summed E-state index contributed by atoms with van der Waals surface area (Å²) in [5, 5.41) is 0. The Kier molecular flexibility index (Phi) is 15.1. The van der Waals surface area contributed by atoms with Gasteiger partial charge in [-0.2, -0.15) is 0 Å². The molecule has 1 aliphatic heterocycles. The largest absolute Gasteiger partial charge is 0.497 e. The lowest BCUT2D eigenvalue weighted by molar-refractivity contribution is 0.402. The van der Waals surface area contributed by atoms with Gasteiger partial charge in [-0.05, 0) is 79.4 Å². The van der Waals surface area contributed by atoms with Crippen LogP contribution in [0, 0.1) is 6.92 Å². The Morgan fingerprint density at radius 1 is 0.625 bits per heavy atom. The summed E-state index contributed by atoms with van der Waals surface area (Å²) in [4.78, 5) is 12.8. The third-order valence-electron chi connectivity index (χ3n) is 9.17. The zero-order chi connectivity index (χ0) is 34.1. The quantitative estimate of drug-likeness (QED) is 0.108. The lowest BCUT2D eigenvalue weighted by Gasteiger charge is -2.26. The molecule has 0 saturated heterocycles. The van der Waals surface area contributed by atoms with E-state index in [0.29, 0.717) is 11.6 Å². The number of unbranched alkanes of at least 4 members (excludes halogenated alkanes) is 10. The molecule has 3 aromatic carbocycles. The molecule has 0 bridgehead atoms. The summed E-state index contributed by atoms with van der Waals surface area (Å²) in [5.74, 6) is 2.78. The molecule has 0 atom stereocenters. The van der Waals surface area contributed by atoms with E-state index in [2.05, 4.69) is 49.9 Å². The molecule has 0 aliphatic carbocycles. The van der Waals surface area contributed by atoms with Crippen LogP contribution >= 0.6 is 0 Å². The number of benzene rings is 3. The van der Waals surface area contributed by atoms with E-state index in [1.165, 1.54) is 88.3 Å². The second kappa shape index (κ2) is 19.7. The monoisotopic (exact) mass is 651 g/mol. The number of anilines is 1. The van der Waals surface area contributed by atoms with Crippen molar-refractivity contribution in [2.45, 2.75) is 97.8 Å². The molecule has 3 aromatic rings. The molecule has 6 heteroatoms. The summed E-state index contributed by atoms with van der Waals surface area (Å²) in [5.41, 5.74) is 6.83. The minimum absolute atomic E-state index is 0.608. The average molecular weight is 652 g/mol. The fourth-order valence-electron chi connectivity index (χ4n) is 6.30. The first-order chi connectivity index (χ1) is 23.5. The molecule has 48 heavy (non-hydrogen) atoms. The number of hydrogen-bond acceptors (Lipinski definition) is 6.